The highest BCUT2D eigenvalue weighted by molar-refractivity contribution is 6.16. The average molecular weight is 588 g/mol. The van der Waals surface area contributed by atoms with Gasteiger partial charge < -0.3 is 9.32 Å². The molecule has 2 nitrogen and oxygen atoms in total. The summed E-state index contributed by atoms with van der Waals surface area (Å²) in [5, 5.41) is 7.14. The van der Waals surface area contributed by atoms with Gasteiger partial charge in [0.15, 0.2) is 0 Å². The van der Waals surface area contributed by atoms with E-state index in [9.17, 15) is 0 Å². The minimum Gasteiger partial charge on any atom is -0.456 e. The molecule has 0 saturated carbocycles. The molecule has 0 aliphatic rings. The van der Waals surface area contributed by atoms with E-state index >= 15 is 0 Å². The van der Waals surface area contributed by atoms with Gasteiger partial charge in [-0.15, -0.1) is 0 Å². The molecule has 8 aromatic carbocycles. The number of furan rings is 1. The Morgan fingerprint density at radius 2 is 0.913 bits per heavy atom. The van der Waals surface area contributed by atoms with Crippen molar-refractivity contribution in [3.8, 4) is 22.3 Å². The standard InChI is InChI=1S/C44H29NO/c1-3-10-30(11-4-1)31-18-20-32(21-19-31)33-12-9-15-37(26-33)45(36-13-5-2-6-14-36)38-24-25-39-34(27-38)22-23-35-28-44-42(29-41(35)39)40-16-7-8-17-43(40)46-44/h1-29H. The highest BCUT2D eigenvalue weighted by Crippen LogP contribution is 2.40. The zero-order valence-electron chi connectivity index (χ0n) is 25.1. The first-order valence-electron chi connectivity index (χ1n) is 15.7. The quantitative estimate of drug-likeness (QED) is 0.186. The van der Waals surface area contributed by atoms with Gasteiger partial charge in [-0.2, -0.15) is 0 Å². The molecule has 1 heterocycles. The van der Waals surface area contributed by atoms with Gasteiger partial charge in [0.25, 0.3) is 0 Å². The highest BCUT2D eigenvalue weighted by Gasteiger charge is 2.15. The Labute approximate surface area is 267 Å². The van der Waals surface area contributed by atoms with Gasteiger partial charge in [0, 0.05) is 27.8 Å². The van der Waals surface area contributed by atoms with Crippen molar-refractivity contribution in [2.24, 2.45) is 0 Å². The van der Waals surface area contributed by atoms with E-state index < -0.39 is 0 Å². The van der Waals surface area contributed by atoms with Crippen LogP contribution in [0.15, 0.2) is 180 Å². The molecule has 2 heteroatoms. The average Bonchev–Trinajstić information content (AvgIpc) is 3.49. The molecule has 1 aromatic heterocycles. The normalized spacial score (nSPS) is 11.5. The summed E-state index contributed by atoms with van der Waals surface area (Å²) in [7, 11) is 0. The Bertz CT molecular complexity index is 2510. The van der Waals surface area contributed by atoms with Gasteiger partial charge in [-0.1, -0.05) is 121 Å². The van der Waals surface area contributed by atoms with E-state index in [1.54, 1.807) is 0 Å². The Morgan fingerprint density at radius 3 is 1.72 bits per heavy atom. The maximum Gasteiger partial charge on any atom is 0.136 e. The maximum atomic E-state index is 6.18. The third kappa shape index (κ3) is 4.51. The lowest BCUT2D eigenvalue weighted by atomic mass is 9.98. The van der Waals surface area contributed by atoms with E-state index in [4.69, 9.17) is 4.42 Å². The summed E-state index contributed by atoms with van der Waals surface area (Å²) >= 11 is 0. The van der Waals surface area contributed by atoms with Crippen LogP contribution in [-0.4, -0.2) is 0 Å². The Hall–Kier alpha value is -6.12. The molecule has 216 valence electrons. The Kier molecular flexibility index (Phi) is 6.17. The van der Waals surface area contributed by atoms with Crippen molar-refractivity contribution in [2.45, 2.75) is 0 Å². The molecule has 0 radical (unpaired) electrons. The van der Waals surface area contributed by atoms with Crippen LogP contribution < -0.4 is 4.90 Å². The van der Waals surface area contributed by atoms with Gasteiger partial charge in [0.05, 0.1) is 0 Å². The molecule has 0 fully saturated rings. The molecule has 0 aliphatic heterocycles. The van der Waals surface area contributed by atoms with Gasteiger partial charge in [0.2, 0.25) is 0 Å². The molecule has 0 spiro atoms. The Balaban J connectivity index is 1.15. The molecule has 0 aliphatic carbocycles. The van der Waals surface area contributed by atoms with Gasteiger partial charge in [0.1, 0.15) is 11.2 Å². The van der Waals surface area contributed by atoms with Crippen LogP contribution >= 0.6 is 0 Å². The smallest absolute Gasteiger partial charge is 0.136 e. The first-order chi connectivity index (χ1) is 22.8. The monoisotopic (exact) mass is 587 g/mol. The van der Waals surface area contributed by atoms with Crippen molar-refractivity contribution in [3.63, 3.8) is 0 Å². The van der Waals surface area contributed by atoms with Gasteiger partial charge >= 0.3 is 0 Å². The van der Waals surface area contributed by atoms with Gasteiger partial charge in [-0.3, -0.25) is 0 Å². The number of anilines is 3. The summed E-state index contributed by atoms with van der Waals surface area (Å²) < 4.78 is 6.18. The van der Waals surface area contributed by atoms with E-state index in [0.29, 0.717) is 0 Å². The third-order valence-electron chi connectivity index (χ3n) is 9.02. The van der Waals surface area contributed by atoms with Crippen molar-refractivity contribution in [3.05, 3.63) is 176 Å². The second-order valence-corrected chi connectivity index (χ2v) is 11.8. The molecule has 0 atom stereocenters. The van der Waals surface area contributed by atoms with Crippen LogP contribution in [0.3, 0.4) is 0 Å². The van der Waals surface area contributed by atoms with Crippen molar-refractivity contribution in [2.75, 3.05) is 4.90 Å². The van der Waals surface area contributed by atoms with E-state index in [-0.39, 0.29) is 0 Å². The highest BCUT2D eigenvalue weighted by atomic mass is 16.3. The van der Waals surface area contributed by atoms with Crippen LogP contribution in [0.25, 0.3) is 65.7 Å². The molecule has 0 amide bonds. The second-order valence-electron chi connectivity index (χ2n) is 11.8. The van der Waals surface area contributed by atoms with E-state index in [1.807, 2.05) is 12.1 Å². The number of rotatable bonds is 5. The first-order valence-corrected chi connectivity index (χ1v) is 15.7. The van der Waals surface area contributed by atoms with Gasteiger partial charge in [-0.25, -0.2) is 0 Å². The molecule has 46 heavy (non-hydrogen) atoms. The van der Waals surface area contributed by atoms with Crippen LogP contribution in [0.1, 0.15) is 0 Å². The number of nitrogens with zero attached hydrogens (tertiary/aromatic N) is 1. The molecule has 9 rings (SSSR count). The largest absolute Gasteiger partial charge is 0.456 e. The number of hydrogen-bond donors (Lipinski definition) is 0. The number of hydrogen-bond acceptors (Lipinski definition) is 2. The first kappa shape index (κ1) is 26.3. The molecule has 0 N–H and O–H groups in total. The number of para-hydroxylation sites is 2. The minimum atomic E-state index is 0.923. The fraction of sp³-hybridized carbons (Fsp3) is 0. The summed E-state index contributed by atoms with van der Waals surface area (Å²) in [6.07, 6.45) is 0. The summed E-state index contributed by atoms with van der Waals surface area (Å²) in [5.41, 5.74) is 10.0. The fourth-order valence-electron chi connectivity index (χ4n) is 6.74. The topological polar surface area (TPSA) is 16.4 Å². The number of benzene rings is 8. The van der Waals surface area contributed by atoms with Crippen LogP contribution in [0.5, 0.6) is 0 Å². The summed E-state index contributed by atoms with van der Waals surface area (Å²) in [5.74, 6) is 0. The molecule has 0 bridgehead atoms. The van der Waals surface area contributed by atoms with Crippen LogP contribution in [0.2, 0.25) is 0 Å². The van der Waals surface area contributed by atoms with E-state index in [1.165, 1.54) is 43.8 Å². The molecule has 0 saturated heterocycles. The van der Waals surface area contributed by atoms with Crippen molar-refractivity contribution in [1.29, 1.82) is 0 Å². The van der Waals surface area contributed by atoms with Gasteiger partial charge in [-0.05, 0) is 98.4 Å². The summed E-state index contributed by atoms with van der Waals surface area (Å²) in [6, 6.07) is 62.8. The predicted molar refractivity (Wildman–Crippen MR) is 194 cm³/mol. The second kappa shape index (κ2) is 10.8. The minimum absolute atomic E-state index is 0.923. The molecule has 0 unspecified atom stereocenters. The zero-order valence-corrected chi connectivity index (χ0v) is 25.1. The molecular formula is C44H29NO. The summed E-state index contributed by atoms with van der Waals surface area (Å²) in [6.45, 7) is 0. The lowest BCUT2D eigenvalue weighted by Gasteiger charge is -2.26. The molecular weight excluding hydrogens is 558 g/mol. The van der Waals surface area contributed by atoms with Crippen molar-refractivity contribution in [1.82, 2.24) is 0 Å². The zero-order chi connectivity index (χ0) is 30.5. The van der Waals surface area contributed by atoms with Crippen molar-refractivity contribution < 1.29 is 4.42 Å². The third-order valence-corrected chi connectivity index (χ3v) is 9.02. The van der Waals surface area contributed by atoms with Crippen LogP contribution in [0.4, 0.5) is 17.1 Å². The lowest BCUT2D eigenvalue weighted by molar-refractivity contribution is 0.669. The van der Waals surface area contributed by atoms with E-state index in [2.05, 4.69) is 169 Å². The summed E-state index contributed by atoms with van der Waals surface area (Å²) in [4.78, 5) is 2.35. The SMILES string of the molecule is c1ccc(-c2ccc(-c3cccc(N(c4ccccc4)c4ccc5c(ccc6cc7oc8ccccc8c7cc65)c4)c3)cc2)cc1. The lowest BCUT2D eigenvalue weighted by Crippen LogP contribution is -2.09. The number of fused-ring (bicyclic) bond motifs is 6. The molecule has 9 aromatic rings. The fourth-order valence-corrected chi connectivity index (χ4v) is 6.74. The maximum absolute atomic E-state index is 6.18. The van der Waals surface area contributed by atoms with Crippen molar-refractivity contribution >= 4 is 60.5 Å². The van der Waals surface area contributed by atoms with Crippen LogP contribution in [0, 0.1) is 0 Å². The van der Waals surface area contributed by atoms with E-state index in [0.717, 1.165) is 39.0 Å². The predicted octanol–water partition coefficient (Wildman–Crippen LogP) is 12.7. The van der Waals surface area contributed by atoms with Crippen LogP contribution in [-0.2, 0) is 0 Å². The Morgan fingerprint density at radius 1 is 0.304 bits per heavy atom.